The first-order chi connectivity index (χ1) is 14.4. The fraction of sp³-hybridized carbons (Fsp3) is 0.400. The summed E-state index contributed by atoms with van der Waals surface area (Å²) >= 11 is 1.58. The number of rotatable bonds is 4. The second kappa shape index (κ2) is 6.69. The van der Waals surface area contributed by atoms with Gasteiger partial charge in [-0.25, -0.2) is 9.59 Å². The zero-order valence-electron chi connectivity index (χ0n) is 15.9. The third-order valence-corrected chi connectivity index (χ3v) is 7.23. The predicted octanol–water partition coefficient (Wildman–Crippen LogP) is 1.34. The summed E-state index contributed by atoms with van der Waals surface area (Å²) in [5.41, 5.74) is 0.887. The van der Waals surface area contributed by atoms with Gasteiger partial charge in [-0.05, 0) is 35.9 Å². The standard InChI is InChI=1S/C20H19N3O6S/c24-17-10(3-5-21(17)9-11-2-1-7-30-11)8-13-12-4-6-22(20(28)29)16-14(12)23(18(16)25)15(13)19(26)27/h1-2,7-8,12,14,16H,3-6,9H2,(H,26,27)(H,28,29)/b10-8+/t12?,14-,16+/m1/s1. The van der Waals surface area contributed by atoms with Gasteiger partial charge in [-0.3, -0.25) is 19.4 Å². The van der Waals surface area contributed by atoms with Gasteiger partial charge in [0, 0.05) is 29.5 Å². The maximum Gasteiger partial charge on any atom is 0.408 e. The molecule has 0 bridgehead atoms. The molecule has 0 radical (unpaired) electrons. The lowest BCUT2D eigenvalue weighted by Gasteiger charge is -2.52. The number of β-lactam (4-membered cyclic amide) rings is 1. The van der Waals surface area contributed by atoms with Crippen LogP contribution >= 0.6 is 11.3 Å². The third-order valence-electron chi connectivity index (χ3n) is 6.37. The number of carboxylic acid groups (broad SMARTS) is 2. The second-order valence-corrected chi connectivity index (χ2v) is 8.88. The Morgan fingerprint density at radius 1 is 1.23 bits per heavy atom. The fourth-order valence-electron chi connectivity index (χ4n) is 5.06. The van der Waals surface area contributed by atoms with Crippen molar-refractivity contribution in [2.24, 2.45) is 5.92 Å². The number of nitrogens with zero attached hydrogens (tertiary/aromatic N) is 3. The van der Waals surface area contributed by atoms with E-state index in [4.69, 9.17) is 0 Å². The van der Waals surface area contributed by atoms with Crippen molar-refractivity contribution >= 4 is 35.2 Å². The van der Waals surface area contributed by atoms with Crippen LogP contribution in [0.1, 0.15) is 17.7 Å². The number of thiophene rings is 1. The van der Waals surface area contributed by atoms with Crippen molar-refractivity contribution in [1.29, 1.82) is 0 Å². The van der Waals surface area contributed by atoms with Crippen LogP contribution < -0.4 is 0 Å². The first kappa shape index (κ1) is 18.9. The molecule has 3 fully saturated rings. The van der Waals surface area contributed by atoms with E-state index in [-0.39, 0.29) is 24.1 Å². The lowest BCUT2D eigenvalue weighted by atomic mass is 9.78. The number of carboxylic acids is 1. The van der Waals surface area contributed by atoms with E-state index in [9.17, 15) is 29.4 Å². The highest BCUT2D eigenvalue weighted by Gasteiger charge is 2.64. The van der Waals surface area contributed by atoms with Crippen LogP contribution in [-0.2, 0) is 20.9 Å². The summed E-state index contributed by atoms with van der Waals surface area (Å²) in [5, 5.41) is 21.1. The first-order valence-corrected chi connectivity index (χ1v) is 10.6. The minimum atomic E-state index is -1.23. The Bertz CT molecular complexity index is 1030. The maximum absolute atomic E-state index is 12.9. The molecule has 3 saturated heterocycles. The number of carbonyl (C=O) groups is 4. The van der Waals surface area contributed by atoms with Gasteiger partial charge >= 0.3 is 12.1 Å². The van der Waals surface area contributed by atoms with Gasteiger partial charge in [0.1, 0.15) is 11.7 Å². The molecule has 2 N–H and O–H groups in total. The molecule has 0 saturated carbocycles. The predicted molar refractivity (Wildman–Crippen MR) is 104 cm³/mol. The summed E-state index contributed by atoms with van der Waals surface area (Å²) < 4.78 is 0. The van der Waals surface area contributed by atoms with E-state index in [1.165, 1.54) is 4.90 Å². The number of piperidine rings is 1. The molecule has 1 aromatic rings. The van der Waals surface area contributed by atoms with E-state index in [0.717, 1.165) is 9.78 Å². The molecule has 10 heteroatoms. The summed E-state index contributed by atoms with van der Waals surface area (Å²) in [7, 11) is 0. The van der Waals surface area contributed by atoms with Gasteiger partial charge in [-0.2, -0.15) is 0 Å². The van der Waals surface area contributed by atoms with Crippen molar-refractivity contribution in [3.05, 3.63) is 45.3 Å². The fourth-order valence-corrected chi connectivity index (χ4v) is 5.78. The zero-order chi connectivity index (χ0) is 21.2. The van der Waals surface area contributed by atoms with Crippen molar-refractivity contribution in [1.82, 2.24) is 14.7 Å². The van der Waals surface area contributed by atoms with E-state index in [2.05, 4.69) is 0 Å². The Balaban J connectivity index is 1.45. The van der Waals surface area contributed by atoms with Gasteiger partial charge in [0.15, 0.2) is 0 Å². The highest BCUT2D eigenvalue weighted by molar-refractivity contribution is 7.09. The van der Waals surface area contributed by atoms with Crippen LogP contribution in [0, 0.1) is 5.92 Å². The molecule has 9 nitrogen and oxygen atoms in total. The second-order valence-electron chi connectivity index (χ2n) is 7.85. The first-order valence-electron chi connectivity index (χ1n) is 9.71. The number of hydrogen-bond donors (Lipinski definition) is 2. The van der Waals surface area contributed by atoms with Crippen LogP contribution in [0.5, 0.6) is 0 Å². The molecule has 30 heavy (non-hydrogen) atoms. The number of allylic oxidation sites excluding steroid dienone is 1. The molecule has 0 aliphatic carbocycles. The largest absolute Gasteiger partial charge is 0.477 e. The average Bonchev–Trinajstić information content (AvgIpc) is 3.41. The van der Waals surface area contributed by atoms with Crippen molar-refractivity contribution in [2.75, 3.05) is 13.1 Å². The summed E-state index contributed by atoms with van der Waals surface area (Å²) in [4.78, 5) is 54.0. The Morgan fingerprint density at radius 2 is 2.03 bits per heavy atom. The van der Waals surface area contributed by atoms with Gasteiger partial charge in [0.2, 0.25) is 5.91 Å². The number of likely N-dealkylation sites (tertiary alicyclic amines) is 2. The lowest BCUT2D eigenvalue weighted by Crippen LogP contribution is -2.73. The van der Waals surface area contributed by atoms with Gasteiger partial charge in [0.25, 0.3) is 5.91 Å². The van der Waals surface area contributed by atoms with E-state index >= 15 is 0 Å². The van der Waals surface area contributed by atoms with E-state index in [1.807, 2.05) is 17.5 Å². The number of aliphatic carboxylic acids is 1. The Kier molecular flexibility index (Phi) is 4.21. The molecule has 4 aliphatic rings. The van der Waals surface area contributed by atoms with E-state index in [1.54, 1.807) is 22.3 Å². The highest BCUT2D eigenvalue weighted by atomic mass is 32.1. The minimum absolute atomic E-state index is 0.115. The van der Waals surface area contributed by atoms with E-state index < -0.39 is 30.1 Å². The highest BCUT2D eigenvalue weighted by Crippen LogP contribution is 2.49. The quantitative estimate of drug-likeness (QED) is 0.551. The SMILES string of the molecule is O=C(O)C1=C(/C=C2\CCN(Cc3cccs3)C2=O)C2CCN(C(=O)O)[C@@H]3C(=O)N1[C@H]23. The van der Waals surface area contributed by atoms with Gasteiger partial charge < -0.3 is 15.1 Å². The molecular formula is C20H19N3O6S. The van der Waals surface area contributed by atoms with Crippen molar-refractivity contribution in [3.63, 3.8) is 0 Å². The van der Waals surface area contributed by atoms with Crippen molar-refractivity contribution < 1.29 is 29.4 Å². The van der Waals surface area contributed by atoms with Crippen LogP contribution in [0.2, 0.25) is 0 Å². The summed E-state index contributed by atoms with van der Waals surface area (Å²) in [6, 6.07) is 2.55. The molecule has 156 valence electrons. The van der Waals surface area contributed by atoms with Gasteiger partial charge in [-0.1, -0.05) is 6.07 Å². The normalized spacial score (nSPS) is 29.0. The molecule has 4 aliphatic heterocycles. The maximum atomic E-state index is 12.9. The number of amides is 3. The smallest absolute Gasteiger partial charge is 0.408 e. The average molecular weight is 429 g/mol. The van der Waals surface area contributed by atoms with Gasteiger partial charge in [0.05, 0.1) is 12.6 Å². The topological polar surface area (TPSA) is 118 Å². The van der Waals surface area contributed by atoms with Crippen molar-refractivity contribution in [2.45, 2.75) is 31.5 Å². The minimum Gasteiger partial charge on any atom is -0.477 e. The Labute approximate surface area is 175 Å². The zero-order valence-corrected chi connectivity index (χ0v) is 16.7. The molecule has 3 amide bonds. The molecule has 1 unspecified atom stereocenters. The summed E-state index contributed by atoms with van der Waals surface area (Å²) in [5.74, 6) is -2.14. The molecular weight excluding hydrogens is 410 g/mol. The Hall–Kier alpha value is -3.14. The van der Waals surface area contributed by atoms with Crippen LogP contribution in [0.4, 0.5) is 4.79 Å². The lowest BCUT2D eigenvalue weighted by molar-refractivity contribution is -0.161. The molecule has 0 spiro atoms. The van der Waals surface area contributed by atoms with Crippen LogP contribution in [0.25, 0.3) is 0 Å². The number of hydrogen-bond acceptors (Lipinski definition) is 5. The van der Waals surface area contributed by atoms with Crippen molar-refractivity contribution in [3.8, 4) is 0 Å². The summed E-state index contributed by atoms with van der Waals surface area (Å²) in [6.45, 7) is 1.24. The number of carbonyl (C=O) groups excluding carboxylic acids is 2. The Morgan fingerprint density at radius 3 is 2.70 bits per heavy atom. The van der Waals surface area contributed by atoms with Crippen LogP contribution in [0.15, 0.2) is 40.4 Å². The van der Waals surface area contributed by atoms with Crippen LogP contribution in [-0.4, -0.2) is 74.0 Å². The molecule has 3 atom stereocenters. The third kappa shape index (κ3) is 2.59. The molecule has 1 aromatic heterocycles. The monoisotopic (exact) mass is 429 g/mol. The molecule has 5 heterocycles. The van der Waals surface area contributed by atoms with E-state index in [0.29, 0.717) is 37.1 Å². The summed E-state index contributed by atoms with van der Waals surface area (Å²) in [6.07, 6.45) is 1.39. The molecule has 0 aromatic carbocycles. The van der Waals surface area contributed by atoms with Gasteiger partial charge in [-0.15, -0.1) is 11.3 Å². The van der Waals surface area contributed by atoms with Crippen LogP contribution in [0.3, 0.4) is 0 Å². The molecule has 5 rings (SSSR count).